The average Bonchev–Trinajstić information content (AvgIpc) is 2.64. The minimum absolute atomic E-state index is 0.0863. The maximum atomic E-state index is 13.2. The quantitative estimate of drug-likeness (QED) is 0.632. The molecular formula is C20H17Cl2N3O. The van der Waals surface area contributed by atoms with Crippen LogP contribution in [0.3, 0.4) is 0 Å². The Hall–Kier alpha value is -2.30. The van der Waals surface area contributed by atoms with E-state index in [-0.39, 0.29) is 5.91 Å². The van der Waals surface area contributed by atoms with Crippen LogP contribution in [-0.4, -0.2) is 17.4 Å². The Bertz CT molecular complexity index is 1020. The van der Waals surface area contributed by atoms with Gasteiger partial charge in [-0.2, -0.15) is 0 Å². The average molecular weight is 386 g/mol. The topological polar surface area (TPSA) is 54.0 Å². The normalized spacial score (nSPS) is 18.9. The van der Waals surface area contributed by atoms with Crippen molar-refractivity contribution in [1.29, 1.82) is 0 Å². The predicted octanol–water partition coefficient (Wildman–Crippen LogP) is 5.25. The van der Waals surface area contributed by atoms with E-state index in [1.54, 1.807) is 24.5 Å². The van der Waals surface area contributed by atoms with E-state index >= 15 is 0 Å². The van der Waals surface area contributed by atoms with Crippen molar-refractivity contribution >= 4 is 51.3 Å². The van der Waals surface area contributed by atoms with Crippen molar-refractivity contribution in [3.05, 3.63) is 64.4 Å². The first kappa shape index (κ1) is 17.1. The molecule has 0 fully saturated rings. The molecule has 2 N–H and O–H groups in total. The summed E-state index contributed by atoms with van der Waals surface area (Å²) in [5.41, 5.74) is 1.68. The molecule has 4 nitrogen and oxygen atoms in total. The number of amides is 1. The molecule has 1 amide bonds. The molecule has 26 heavy (non-hydrogen) atoms. The SMILES string of the molecule is C[C@@]1(C(=O)Nc2cncc3ccccc23)CCNc2cc(Cl)c(Cl)cc21. The molecule has 1 aromatic heterocycles. The van der Waals surface area contributed by atoms with Crippen molar-refractivity contribution in [2.24, 2.45) is 0 Å². The molecule has 2 aromatic carbocycles. The number of carbonyl (C=O) groups is 1. The largest absolute Gasteiger partial charge is 0.385 e. The lowest BCUT2D eigenvalue weighted by atomic mass is 9.75. The molecule has 0 bridgehead atoms. The molecule has 0 unspecified atom stereocenters. The van der Waals surface area contributed by atoms with E-state index in [9.17, 15) is 4.79 Å². The van der Waals surface area contributed by atoms with E-state index in [1.165, 1.54) is 0 Å². The van der Waals surface area contributed by atoms with Crippen LogP contribution in [0, 0.1) is 0 Å². The third kappa shape index (κ3) is 2.79. The van der Waals surface area contributed by atoms with Gasteiger partial charge in [0.05, 0.1) is 27.3 Å². The first-order valence-corrected chi connectivity index (χ1v) is 9.12. The first-order valence-electron chi connectivity index (χ1n) is 8.36. The molecule has 1 aliphatic rings. The van der Waals surface area contributed by atoms with Gasteiger partial charge in [-0.1, -0.05) is 47.5 Å². The van der Waals surface area contributed by atoms with Gasteiger partial charge in [-0.3, -0.25) is 9.78 Å². The molecule has 6 heteroatoms. The molecule has 0 aliphatic carbocycles. The lowest BCUT2D eigenvalue weighted by molar-refractivity contribution is -0.121. The Labute approximate surface area is 161 Å². The number of hydrogen-bond donors (Lipinski definition) is 2. The predicted molar refractivity (Wildman–Crippen MR) is 107 cm³/mol. The van der Waals surface area contributed by atoms with E-state index in [1.807, 2.05) is 31.2 Å². The van der Waals surface area contributed by atoms with E-state index in [0.717, 1.165) is 22.0 Å². The Kier molecular flexibility index (Phi) is 4.25. The van der Waals surface area contributed by atoms with Crippen LogP contribution >= 0.6 is 23.2 Å². The summed E-state index contributed by atoms with van der Waals surface area (Å²) in [6.45, 7) is 2.62. The molecule has 0 saturated carbocycles. The maximum Gasteiger partial charge on any atom is 0.234 e. The van der Waals surface area contributed by atoms with Crippen molar-refractivity contribution in [2.45, 2.75) is 18.8 Å². The molecule has 132 valence electrons. The van der Waals surface area contributed by atoms with Gasteiger partial charge in [-0.15, -0.1) is 0 Å². The third-order valence-electron chi connectivity index (χ3n) is 5.01. The number of carbonyl (C=O) groups excluding carboxylic acids is 1. The van der Waals surface area contributed by atoms with Gasteiger partial charge < -0.3 is 10.6 Å². The highest BCUT2D eigenvalue weighted by molar-refractivity contribution is 6.42. The van der Waals surface area contributed by atoms with E-state index in [2.05, 4.69) is 15.6 Å². The lowest BCUT2D eigenvalue weighted by Gasteiger charge is -2.35. The summed E-state index contributed by atoms with van der Waals surface area (Å²) in [5, 5.41) is 9.22. The molecule has 1 atom stereocenters. The van der Waals surface area contributed by atoms with Crippen LogP contribution in [0.2, 0.25) is 10.0 Å². The standard InChI is InChI=1S/C20H17Cl2N3O/c1-20(6-7-24-17-9-16(22)15(21)8-14(17)20)19(26)25-18-11-23-10-12-4-2-3-5-13(12)18/h2-5,8-11,24H,6-7H2,1H3,(H,25,26)/t20-/m1/s1. The number of halogens is 2. The van der Waals surface area contributed by atoms with Crippen LogP contribution in [0.15, 0.2) is 48.8 Å². The Morgan fingerprint density at radius 2 is 1.96 bits per heavy atom. The second-order valence-electron chi connectivity index (χ2n) is 6.68. The molecule has 1 aliphatic heterocycles. The summed E-state index contributed by atoms with van der Waals surface area (Å²) in [6, 6.07) is 11.4. The fraction of sp³-hybridized carbons (Fsp3) is 0.200. The number of anilines is 2. The number of pyridine rings is 1. The zero-order valence-corrected chi connectivity index (χ0v) is 15.7. The van der Waals surface area contributed by atoms with Gasteiger partial charge >= 0.3 is 0 Å². The monoisotopic (exact) mass is 385 g/mol. The number of benzene rings is 2. The second kappa shape index (κ2) is 6.45. The lowest BCUT2D eigenvalue weighted by Crippen LogP contribution is -2.42. The number of nitrogens with one attached hydrogen (secondary N) is 2. The van der Waals surface area contributed by atoms with Gasteiger partial charge in [-0.25, -0.2) is 0 Å². The first-order chi connectivity index (χ1) is 12.5. The molecule has 2 heterocycles. The summed E-state index contributed by atoms with van der Waals surface area (Å²) in [7, 11) is 0. The van der Waals surface area contributed by atoms with E-state index in [0.29, 0.717) is 28.7 Å². The fourth-order valence-electron chi connectivity index (χ4n) is 3.44. The molecule has 0 spiro atoms. The number of rotatable bonds is 2. The van der Waals surface area contributed by atoms with E-state index < -0.39 is 5.41 Å². The minimum atomic E-state index is -0.717. The summed E-state index contributed by atoms with van der Waals surface area (Å²) < 4.78 is 0. The van der Waals surface area contributed by atoms with Crippen molar-refractivity contribution in [3.8, 4) is 0 Å². The minimum Gasteiger partial charge on any atom is -0.385 e. The van der Waals surface area contributed by atoms with Crippen LogP contribution in [0.5, 0.6) is 0 Å². The number of fused-ring (bicyclic) bond motifs is 2. The van der Waals surface area contributed by atoms with Crippen molar-refractivity contribution in [1.82, 2.24) is 4.98 Å². The van der Waals surface area contributed by atoms with Crippen LogP contribution in [-0.2, 0) is 10.2 Å². The number of aromatic nitrogens is 1. The molecular weight excluding hydrogens is 369 g/mol. The Morgan fingerprint density at radius 1 is 1.19 bits per heavy atom. The maximum absolute atomic E-state index is 13.2. The van der Waals surface area contributed by atoms with Gasteiger partial charge in [0.1, 0.15) is 0 Å². The zero-order valence-electron chi connectivity index (χ0n) is 14.1. The smallest absolute Gasteiger partial charge is 0.234 e. The van der Waals surface area contributed by atoms with E-state index in [4.69, 9.17) is 23.2 Å². The van der Waals surface area contributed by atoms with Crippen molar-refractivity contribution in [2.75, 3.05) is 17.2 Å². The van der Waals surface area contributed by atoms with Crippen LogP contribution in [0.1, 0.15) is 18.9 Å². The number of hydrogen-bond acceptors (Lipinski definition) is 3. The van der Waals surface area contributed by atoms with Crippen LogP contribution < -0.4 is 10.6 Å². The van der Waals surface area contributed by atoms with Crippen LogP contribution in [0.4, 0.5) is 11.4 Å². The van der Waals surface area contributed by atoms with Crippen LogP contribution in [0.25, 0.3) is 10.8 Å². The highest BCUT2D eigenvalue weighted by Gasteiger charge is 2.40. The van der Waals surface area contributed by atoms with Crippen molar-refractivity contribution < 1.29 is 4.79 Å². The van der Waals surface area contributed by atoms with Gasteiger partial charge in [0.2, 0.25) is 5.91 Å². The Balaban J connectivity index is 1.74. The van der Waals surface area contributed by atoms with Crippen molar-refractivity contribution in [3.63, 3.8) is 0 Å². The highest BCUT2D eigenvalue weighted by Crippen LogP contribution is 2.42. The van der Waals surface area contributed by atoms with Gasteiger partial charge in [0.25, 0.3) is 0 Å². The second-order valence-corrected chi connectivity index (χ2v) is 7.50. The van der Waals surface area contributed by atoms with Gasteiger partial charge in [-0.05, 0) is 31.0 Å². The summed E-state index contributed by atoms with van der Waals surface area (Å²) >= 11 is 12.3. The fourth-order valence-corrected chi connectivity index (χ4v) is 3.77. The Morgan fingerprint density at radius 3 is 2.81 bits per heavy atom. The summed E-state index contributed by atoms with van der Waals surface area (Å²) in [5.74, 6) is -0.0863. The van der Waals surface area contributed by atoms with Gasteiger partial charge in [0.15, 0.2) is 0 Å². The van der Waals surface area contributed by atoms with Gasteiger partial charge in [0, 0.05) is 29.2 Å². The third-order valence-corrected chi connectivity index (χ3v) is 5.74. The highest BCUT2D eigenvalue weighted by atomic mass is 35.5. The summed E-state index contributed by atoms with van der Waals surface area (Å²) in [6.07, 6.45) is 4.12. The zero-order chi connectivity index (χ0) is 18.3. The summed E-state index contributed by atoms with van der Waals surface area (Å²) in [4.78, 5) is 17.5. The molecule has 3 aromatic rings. The molecule has 0 radical (unpaired) electrons. The molecule has 0 saturated heterocycles. The number of nitrogens with zero attached hydrogens (tertiary/aromatic N) is 1. The molecule has 4 rings (SSSR count).